The fraction of sp³-hybridized carbons (Fsp3) is 0.154. The molecule has 2 aromatic rings. The Balaban J connectivity index is 2.00. The monoisotopic (exact) mass is 382 g/mol. The molecule has 6 nitrogen and oxygen atoms in total. The molecule has 0 atom stereocenters. The Hall–Kier alpha value is -1.90. The van der Waals surface area contributed by atoms with Gasteiger partial charge in [0.25, 0.3) is 5.91 Å². The third-order valence-electron chi connectivity index (χ3n) is 3.15. The molecule has 3 rings (SSSR count). The molecular weight excluding hydrogens is 371 g/mol. The standard InChI is InChI=1S/C13H11IN4O2/c14-8-4-2-1-3-7(8)6-18-12(15)11-9(17-18)5-10(19)16-13(11)20/h1-4H,5-6,15H2,(H,16,19,20). The Morgan fingerprint density at radius 2 is 2.10 bits per heavy atom. The van der Waals surface area contributed by atoms with Crippen LogP contribution >= 0.6 is 22.6 Å². The molecule has 0 bridgehead atoms. The average Bonchev–Trinajstić information content (AvgIpc) is 2.69. The van der Waals surface area contributed by atoms with E-state index in [0.29, 0.717) is 23.6 Å². The quantitative estimate of drug-likeness (QED) is 0.598. The number of halogens is 1. The number of carbonyl (C=O) groups excluding carboxylic acids is 2. The summed E-state index contributed by atoms with van der Waals surface area (Å²) in [6.07, 6.45) is 0.0875. The van der Waals surface area contributed by atoms with Gasteiger partial charge in [0.15, 0.2) is 0 Å². The first-order valence-corrected chi connectivity index (χ1v) is 7.07. The van der Waals surface area contributed by atoms with E-state index in [4.69, 9.17) is 5.73 Å². The topological polar surface area (TPSA) is 90.0 Å². The van der Waals surface area contributed by atoms with E-state index in [-0.39, 0.29) is 12.3 Å². The molecule has 1 aliphatic rings. The van der Waals surface area contributed by atoms with Crippen LogP contribution in [0.25, 0.3) is 0 Å². The highest BCUT2D eigenvalue weighted by molar-refractivity contribution is 14.1. The molecule has 2 amide bonds. The summed E-state index contributed by atoms with van der Waals surface area (Å²) in [5.41, 5.74) is 7.81. The Bertz CT molecular complexity index is 723. The zero-order chi connectivity index (χ0) is 14.3. The highest BCUT2D eigenvalue weighted by Crippen LogP contribution is 2.22. The van der Waals surface area contributed by atoms with Crippen molar-refractivity contribution in [3.05, 3.63) is 44.7 Å². The van der Waals surface area contributed by atoms with Gasteiger partial charge in [-0.3, -0.25) is 14.9 Å². The SMILES string of the molecule is Nc1c2c(nn1Cc1ccccc1I)CC(=O)NC2=O. The molecule has 1 aromatic carbocycles. The van der Waals surface area contributed by atoms with Crippen molar-refractivity contribution in [3.63, 3.8) is 0 Å². The summed E-state index contributed by atoms with van der Waals surface area (Å²) in [4.78, 5) is 23.1. The van der Waals surface area contributed by atoms with Gasteiger partial charge in [-0.25, -0.2) is 4.68 Å². The van der Waals surface area contributed by atoms with E-state index in [2.05, 4.69) is 33.0 Å². The van der Waals surface area contributed by atoms with Crippen LogP contribution in [0.15, 0.2) is 24.3 Å². The number of nitrogen functional groups attached to an aromatic ring is 1. The van der Waals surface area contributed by atoms with Crippen LogP contribution in [-0.2, 0) is 17.8 Å². The van der Waals surface area contributed by atoms with Gasteiger partial charge in [0.05, 0.1) is 18.7 Å². The number of imide groups is 1. The number of fused-ring (bicyclic) bond motifs is 1. The van der Waals surface area contributed by atoms with E-state index in [0.717, 1.165) is 9.13 Å². The van der Waals surface area contributed by atoms with Crippen molar-refractivity contribution in [2.24, 2.45) is 0 Å². The molecule has 2 heterocycles. The Morgan fingerprint density at radius 1 is 1.35 bits per heavy atom. The number of nitrogens with one attached hydrogen (secondary N) is 1. The molecule has 0 saturated carbocycles. The number of rotatable bonds is 2. The van der Waals surface area contributed by atoms with Gasteiger partial charge in [-0.05, 0) is 34.2 Å². The van der Waals surface area contributed by atoms with Crippen LogP contribution in [0.3, 0.4) is 0 Å². The third-order valence-corrected chi connectivity index (χ3v) is 4.20. The molecule has 0 aliphatic carbocycles. The summed E-state index contributed by atoms with van der Waals surface area (Å²) in [5.74, 6) is -0.520. The highest BCUT2D eigenvalue weighted by atomic mass is 127. The predicted molar refractivity (Wildman–Crippen MR) is 81.1 cm³/mol. The van der Waals surface area contributed by atoms with Crippen molar-refractivity contribution in [2.45, 2.75) is 13.0 Å². The molecule has 0 fully saturated rings. The lowest BCUT2D eigenvalue weighted by molar-refractivity contribution is -0.119. The summed E-state index contributed by atoms with van der Waals surface area (Å²) in [6, 6.07) is 7.86. The maximum atomic E-state index is 11.8. The number of hydrogen-bond donors (Lipinski definition) is 2. The lowest BCUT2D eigenvalue weighted by Crippen LogP contribution is -2.37. The van der Waals surface area contributed by atoms with Crippen molar-refractivity contribution in [2.75, 3.05) is 5.73 Å². The number of anilines is 1. The molecule has 1 aromatic heterocycles. The van der Waals surface area contributed by atoms with Crippen LogP contribution in [0.4, 0.5) is 5.82 Å². The molecule has 0 spiro atoms. The summed E-state index contributed by atoms with van der Waals surface area (Å²) in [5, 5.41) is 6.55. The molecule has 20 heavy (non-hydrogen) atoms. The van der Waals surface area contributed by atoms with E-state index in [1.807, 2.05) is 24.3 Å². The third kappa shape index (κ3) is 2.17. The predicted octanol–water partition coefficient (Wildman–Crippen LogP) is 0.931. The molecule has 102 valence electrons. The molecule has 0 radical (unpaired) electrons. The number of amides is 2. The Kier molecular flexibility index (Phi) is 3.20. The van der Waals surface area contributed by atoms with Crippen LogP contribution < -0.4 is 11.1 Å². The van der Waals surface area contributed by atoms with Crippen LogP contribution in [0.1, 0.15) is 21.6 Å². The van der Waals surface area contributed by atoms with Gasteiger partial charge in [0.2, 0.25) is 5.91 Å². The Morgan fingerprint density at radius 3 is 2.85 bits per heavy atom. The first-order valence-electron chi connectivity index (χ1n) is 5.99. The number of nitrogens with zero attached hydrogens (tertiary/aromatic N) is 2. The minimum atomic E-state index is -0.470. The zero-order valence-electron chi connectivity index (χ0n) is 10.4. The second-order valence-corrected chi connectivity index (χ2v) is 5.67. The molecule has 0 unspecified atom stereocenters. The van der Waals surface area contributed by atoms with Gasteiger partial charge < -0.3 is 5.73 Å². The summed E-state index contributed by atoms with van der Waals surface area (Å²) in [7, 11) is 0. The summed E-state index contributed by atoms with van der Waals surface area (Å²) in [6.45, 7) is 0.472. The minimum absolute atomic E-state index is 0.0875. The second kappa shape index (κ2) is 4.89. The second-order valence-electron chi connectivity index (χ2n) is 4.51. The molecule has 0 saturated heterocycles. The summed E-state index contributed by atoms with van der Waals surface area (Å²) < 4.78 is 2.67. The van der Waals surface area contributed by atoms with Gasteiger partial charge in [0.1, 0.15) is 11.4 Å². The van der Waals surface area contributed by atoms with Crippen molar-refractivity contribution in [1.29, 1.82) is 0 Å². The fourth-order valence-electron chi connectivity index (χ4n) is 2.19. The normalized spacial score (nSPS) is 14.1. The molecule has 7 heteroatoms. The highest BCUT2D eigenvalue weighted by Gasteiger charge is 2.29. The lowest BCUT2D eigenvalue weighted by atomic mass is 10.1. The first kappa shape index (κ1) is 13.1. The van der Waals surface area contributed by atoms with Crippen LogP contribution in [0.5, 0.6) is 0 Å². The zero-order valence-corrected chi connectivity index (χ0v) is 12.5. The number of carbonyl (C=O) groups is 2. The van der Waals surface area contributed by atoms with E-state index >= 15 is 0 Å². The van der Waals surface area contributed by atoms with Crippen LogP contribution in [0, 0.1) is 3.57 Å². The fourth-order valence-corrected chi connectivity index (χ4v) is 2.75. The molecule has 3 N–H and O–H groups in total. The lowest BCUT2D eigenvalue weighted by Gasteiger charge is -2.09. The maximum Gasteiger partial charge on any atom is 0.263 e. The average molecular weight is 382 g/mol. The van der Waals surface area contributed by atoms with Gasteiger partial charge in [-0.1, -0.05) is 18.2 Å². The van der Waals surface area contributed by atoms with Crippen molar-refractivity contribution < 1.29 is 9.59 Å². The van der Waals surface area contributed by atoms with Gasteiger partial charge in [-0.15, -0.1) is 0 Å². The number of nitrogens with two attached hydrogens (primary N) is 1. The maximum absolute atomic E-state index is 11.8. The van der Waals surface area contributed by atoms with Crippen molar-refractivity contribution in [3.8, 4) is 0 Å². The summed E-state index contributed by atoms with van der Waals surface area (Å²) >= 11 is 2.24. The molecular formula is C13H11IN4O2. The van der Waals surface area contributed by atoms with E-state index in [1.165, 1.54) is 0 Å². The van der Waals surface area contributed by atoms with Crippen LogP contribution in [0.2, 0.25) is 0 Å². The first-order chi connectivity index (χ1) is 9.56. The van der Waals surface area contributed by atoms with Gasteiger partial charge in [0, 0.05) is 3.57 Å². The number of aromatic nitrogens is 2. The smallest absolute Gasteiger partial charge is 0.263 e. The van der Waals surface area contributed by atoms with Crippen molar-refractivity contribution in [1.82, 2.24) is 15.1 Å². The van der Waals surface area contributed by atoms with Crippen LogP contribution in [-0.4, -0.2) is 21.6 Å². The van der Waals surface area contributed by atoms with Gasteiger partial charge in [-0.2, -0.15) is 5.10 Å². The van der Waals surface area contributed by atoms with E-state index in [1.54, 1.807) is 4.68 Å². The number of benzene rings is 1. The van der Waals surface area contributed by atoms with E-state index in [9.17, 15) is 9.59 Å². The van der Waals surface area contributed by atoms with Crippen molar-refractivity contribution >= 4 is 40.2 Å². The number of hydrogen-bond acceptors (Lipinski definition) is 4. The minimum Gasteiger partial charge on any atom is -0.383 e. The molecule has 1 aliphatic heterocycles. The van der Waals surface area contributed by atoms with E-state index < -0.39 is 5.91 Å². The Labute approximate surface area is 128 Å². The largest absolute Gasteiger partial charge is 0.383 e. The van der Waals surface area contributed by atoms with Gasteiger partial charge >= 0.3 is 0 Å².